The van der Waals surface area contributed by atoms with Crippen LogP contribution < -0.4 is 0 Å². The van der Waals surface area contributed by atoms with E-state index in [-0.39, 0.29) is 0 Å². The molecule has 2 rings (SSSR count). The van der Waals surface area contributed by atoms with Gasteiger partial charge in [-0.2, -0.15) is 0 Å². The quantitative estimate of drug-likeness (QED) is 0.763. The SMILES string of the molecule is CCCc1ccc(-c2ccnc(CCCl)n2)cc1. The third kappa shape index (κ3) is 3.30. The van der Waals surface area contributed by atoms with E-state index in [1.807, 2.05) is 6.07 Å². The van der Waals surface area contributed by atoms with Crippen molar-refractivity contribution >= 4 is 11.6 Å². The highest BCUT2D eigenvalue weighted by molar-refractivity contribution is 6.17. The zero-order valence-corrected chi connectivity index (χ0v) is 11.3. The van der Waals surface area contributed by atoms with Gasteiger partial charge in [-0.25, -0.2) is 9.97 Å². The van der Waals surface area contributed by atoms with Gasteiger partial charge in [-0.1, -0.05) is 37.6 Å². The van der Waals surface area contributed by atoms with Gasteiger partial charge in [0.05, 0.1) is 5.69 Å². The Hall–Kier alpha value is -1.41. The van der Waals surface area contributed by atoms with Gasteiger partial charge in [0.15, 0.2) is 0 Å². The maximum atomic E-state index is 5.71. The normalized spacial score (nSPS) is 10.6. The Morgan fingerprint density at radius 1 is 1.06 bits per heavy atom. The van der Waals surface area contributed by atoms with Crippen LogP contribution in [0.4, 0.5) is 0 Å². The van der Waals surface area contributed by atoms with E-state index in [1.165, 1.54) is 12.0 Å². The van der Waals surface area contributed by atoms with Crippen LogP contribution in [0.25, 0.3) is 11.3 Å². The highest BCUT2D eigenvalue weighted by Crippen LogP contribution is 2.18. The number of rotatable bonds is 5. The van der Waals surface area contributed by atoms with E-state index in [9.17, 15) is 0 Å². The molecular formula is C15H17ClN2. The van der Waals surface area contributed by atoms with Crippen molar-refractivity contribution in [3.05, 3.63) is 47.9 Å². The van der Waals surface area contributed by atoms with Gasteiger partial charge >= 0.3 is 0 Å². The summed E-state index contributed by atoms with van der Waals surface area (Å²) in [5.74, 6) is 1.36. The summed E-state index contributed by atoms with van der Waals surface area (Å²) >= 11 is 5.71. The van der Waals surface area contributed by atoms with Gasteiger partial charge < -0.3 is 0 Å². The summed E-state index contributed by atoms with van der Waals surface area (Å²) in [7, 11) is 0. The number of alkyl halides is 1. The second-order valence-electron chi connectivity index (χ2n) is 4.24. The van der Waals surface area contributed by atoms with Crippen LogP contribution in [0.15, 0.2) is 36.5 Å². The van der Waals surface area contributed by atoms with E-state index >= 15 is 0 Å². The number of benzene rings is 1. The topological polar surface area (TPSA) is 25.8 Å². The maximum absolute atomic E-state index is 5.71. The van der Waals surface area contributed by atoms with Gasteiger partial charge in [0.1, 0.15) is 5.82 Å². The van der Waals surface area contributed by atoms with Crippen LogP contribution in [0, 0.1) is 0 Å². The van der Waals surface area contributed by atoms with Crippen molar-refractivity contribution < 1.29 is 0 Å². The number of aromatic nitrogens is 2. The molecule has 2 aromatic rings. The fourth-order valence-electron chi connectivity index (χ4n) is 1.90. The Bertz CT molecular complexity index is 494. The van der Waals surface area contributed by atoms with Crippen molar-refractivity contribution in [2.24, 2.45) is 0 Å². The van der Waals surface area contributed by atoms with Crippen LogP contribution >= 0.6 is 11.6 Å². The molecule has 1 heterocycles. The first kappa shape index (κ1) is 13.0. The van der Waals surface area contributed by atoms with E-state index in [0.29, 0.717) is 12.3 Å². The molecule has 0 spiro atoms. The fraction of sp³-hybridized carbons (Fsp3) is 0.333. The summed E-state index contributed by atoms with van der Waals surface area (Å²) in [6, 6.07) is 10.5. The number of hydrogen-bond acceptors (Lipinski definition) is 2. The van der Waals surface area contributed by atoms with Crippen molar-refractivity contribution in [3.8, 4) is 11.3 Å². The number of hydrogen-bond donors (Lipinski definition) is 0. The van der Waals surface area contributed by atoms with Crippen molar-refractivity contribution in [2.75, 3.05) is 5.88 Å². The molecule has 0 atom stereocenters. The zero-order valence-electron chi connectivity index (χ0n) is 10.6. The zero-order chi connectivity index (χ0) is 12.8. The summed E-state index contributed by atoms with van der Waals surface area (Å²) in [4.78, 5) is 8.72. The first-order valence-corrected chi connectivity index (χ1v) is 6.84. The summed E-state index contributed by atoms with van der Waals surface area (Å²) < 4.78 is 0. The highest BCUT2D eigenvalue weighted by atomic mass is 35.5. The van der Waals surface area contributed by atoms with Crippen molar-refractivity contribution in [1.82, 2.24) is 9.97 Å². The van der Waals surface area contributed by atoms with Crippen molar-refractivity contribution in [2.45, 2.75) is 26.2 Å². The number of halogens is 1. The van der Waals surface area contributed by atoms with Gasteiger partial charge in [-0.3, -0.25) is 0 Å². The molecule has 94 valence electrons. The first-order valence-electron chi connectivity index (χ1n) is 6.30. The second kappa shape index (κ2) is 6.50. The second-order valence-corrected chi connectivity index (χ2v) is 4.62. The minimum atomic E-state index is 0.554. The Morgan fingerprint density at radius 3 is 2.50 bits per heavy atom. The molecular weight excluding hydrogens is 244 g/mol. The Kier molecular flexibility index (Phi) is 4.71. The summed E-state index contributed by atoms with van der Waals surface area (Å²) in [6.07, 6.45) is 4.81. The summed E-state index contributed by atoms with van der Waals surface area (Å²) in [6.45, 7) is 2.19. The monoisotopic (exact) mass is 260 g/mol. The van der Waals surface area contributed by atoms with Crippen LogP contribution in [-0.2, 0) is 12.8 Å². The van der Waals surface area contributed by atoms with Crippen LogP contribution in [0.3, 0.4) is 0 Å². The van der Waals surface area contributed by atoms with Gasteiger partial charge in [-0.05, 0) is 18.1 Å². The standard InChI is InChI=1S/C15H17ClN2/c1-2-3-12-4-6-13(7-5-12)14-9-11-17-15(18-14)8-10-16/h4-7,9,11H,2-3,8,10H2,1H3. The molecule has 1 aromatic carbocycles. The molecule has 0 bridgehead atoms. The average molecular weight is 261 g/mol. The maximum Gasteiger partial charge on any atom is 0.130 e. The molecule has 0 aliphatic carbocycles. The van der Waals surface area contributed by atoms with Gasteiger partial charge in [0.2, 0.25) is 0 Å². The lowest BCUT2D eigenvalue weighted by atomic mass is 10.1. The minimum absolute atomic E-state index is 0.554. The molecule has 0 radical (unpaired) electrons. The Morgan fingerprint density at radius 2 is 1.83 bits per heavy atom. The van der Waals surface area contributed by atoms with Gasteiger partial charge in [-0.15, -0.1) is 11.6 Å². The molecule has 0 fully saturated rings. The number of nitrogens with zero attached hydrogens (tertiary/aromatic N) is 2. The van der Waals surface area contributed by atoms with Crippen LogP contribution in [0.2, 0.25) is 0 Å². The van der Waals surface area contributed by atoms with Crippen LogP contribution in [0.5, 0.6) is 0 Å². The predicted octanol–water partition coefficient (Wildman–Crippen LogP) is 3.88. The Balaban J connectivity index is 2.22. The smallest absolute Gasteiger partial charge is 0.130 e. The predicted molar refractivity (Wildman–Crippen MR) is 75.9 cm³/mol. The molecule has 0 N–H and O–H groups in total. The molecule has 0 saturated carbocycles. The molecule has 3 heteroatoms. The summed E-state index contributed by atoms with van der Waals surface area (Å²) in [5.41, 5.74) is 3.47. The van der Waals surface area contributed by atoms with E-state index in [0.717, 1.165) is 23.5 Å². The Labute approximate surface area is 113 Å². The lowest BCUT2D eigenvalue weighted by Crippen LogP contribution is -1.97. The molecule has 1 aromatic heterocycles. The largest absolute Gasteiger partial charge is 0.241 e. The molecule has 0 amide bonds. The molecule has 0 saturated heterocycles. The highest BCUT2D eigenvalue weighted by Gasteiger charge is 2.02. The lowest BCUT2D eigenvalue weighted by molar-refractivity contribution is 0.921. The molecule has 2 nitrogen and oxygen atoms in total. The van der Waals surface area contributed by atoms with E-state index in [1.54, 1.807) is 6.20 Å². The van der Waals surface area contributed by atoms with Crippen molar-refractivity contribution in [3.63, 3.8) is 0 Å². The molecule has 0 aliphatic heterocycles. The van der Waals surface area contributed by atoms with Crippen molar-refractivity contribution in [1.29, 1.82) is 0 Å². The van der Waals surface area contributed by atoms with Crippen LogP contribution in [0.1, 0.15) is 24.7 Å². The first-order chi connectivity index (χ1) is 8.83. The minimum Gasteiger partial charge on any atom is -0.241 e. The molecule has 0 unspecified atom stereocenters. The van der Waals surface area contributed by atoms with Gasteiger partial charge in [0, 0.05) is 24.1 Å². The van der Waals surface area contributed by atoms with Gasteiger partial charge in [0.25, 0.3) is 0 Å². The lowest BCUT2D eigenvalue weighted by Gasteiger charge is -2.04. The average Bonchev–Trinajstić information content (AvgIpc) is 2.41. The molecule has 0 aliphatic rings. The van der Waals surface area contributed by atoms with E-state index in [4.69, 9.17) is 11.6 Å². The molecule has 18 heavy (non-hydrogen) atoms. The summed E-state index contributed by atoms with van der Waals surface area (Å²) in [5, 5.41) is 0. The third-order valence-electron chi connectivity index (χ3n) is 2.81. The van der Waals surface area contributed by atoms with E-state index in [2.05, 4.69) is 41.2 Å². The van der Waals surface area contributed by atoms with E-state index < -0.39 is 0 Å². The number of aryl methyl sites for hydroxylation is 2. The van der Waals surface area contributed by atoms with Crippen LogP contribution in [-0.4, -0.2) is 15.8 Å². The third-order valence-corrected chi connectivity index (χ3v) is 3.00. The fourth-order valence-corrected chi connectivity index (χ4v) is 2.06.